The predicted molar refractivity (Wildman–Crippen MR) is 75.5 cm³/mol. The van der Waals surface area contributed by atoms with Gasteiger partial charge < -0.3 is 14.4 Å². The lowest BCUT2D eigenvalue weighted by Crippen LogP contribution is -2.61. The largest absolute Gasteiger partial charge is 0.466 e. The lowest BCUT2D eigenvalue weighted by molar-refractivity contribution is -0.350. The van der Waals surface area contributed by atoms with Crippen molar-refractivity contribution in [3.8, 4) is 0 Å². The highest BCUT2D eigenvalue weighted by atomic mass is 32.2. The lowest BCUT2D eigenvalue weighted by Gasteiger charge is -2.35. The molecule has 0 fully saturated rings. The van der Waals surface area contributed by atoms with Crippen molar-refractivity contribution in [1.82, 2.24) is 4.90 Å². The van der Waals surface area contributed by atoms with Gasteiger partial charge in [0.05, 0.1) is 13.0 Å². The molecular weight excluding hydrogens is 397 g/mol. The van der Waals surface area contributed by atoms with E-state index < -0.39 is 57.8 Å². The smallest absolute Gasteiger partial charge is 0.412 e. The standard InChI is InChI=1S/C12H16F5NO7S/c1-7(2)8(19)25-11(12(15,16)17,9(20)18(3)4)24-6-5-10(13,14)26(21,22)23/h1,5-6H2,2-4H3,(H,21,22,23). The number of carbonyl (C=O) groups is 2. The minimum absolute atomic E-state index is 0.320. The molecule has 8 nitrogen and oxygen atoms in total. The van der Waals surface area contributed by atoms with E-state index in [1.54, 1.807) is 0 Å². The third kappa shape index (κ3) is 5.35. The van der Waals surface area contributed by atoms with E-state index in [9.17, 15) is 40.0 Å². The molecule has 0 bridgehead atoms. The molecule has 0 aromatic heterocycles. The molecule has 0 aliphatic carbocycles. The third-order valence-corrected chi connectivity index (χ3v) is 3.68. The number of hydrogen-bond donors (Lipinski definition) is 1. The van der Waals surface area contributed by atoms with Crippen LogP contribution in [0.2, 0.25) is 0 Å². The topological polar surface area (TPSA) is 110 Å². The maximum absolute atomic E-state index is 13.4. The van der Waals surface area contributed by atoms with Crippen molar-refractivity contribution >= 4 is 22.0 Å². The van der Waals surface area contributed by atoms with Crippen molar-refractivity contribution < 1.29 is 54.0 Å². The van der Waals surface area contributed by atoms with Gasteiger partial charge in [0, 0.05) is 19.7 Å². The number of halogens is 5. The van der Waals surface area contributed by atoms with E-state index >= 15 is 0 Å². The summed E-state index contributed by atoms with van der Waals surface area (Å²) in [5.41, 5.74) is -0.558. The fraction of sp³-hybridized carbons (Fsp3) is 0.667. The molecule has 1 unspecified atom stereocenters. The van der Waals surface area contributed by atoms with E-state index in [0.717, 1.165) is 21.0 Å². The minimum Gasteiger partial charge on any atom is -0.412 e. The van der Waals surface area contributed by atoms with Crippen molar-refractivity contribution in [3.05, 3.63) is 12.2 Å². The van der Waals surface area contributed by atoms with E-state index in [1.807, 2.05) is 0 Å². The number of amides is 1. The number of rotatable bonds is 8. The summed E-state index contributed by atoms with van der Waals surface area (Å²) < 4.78 is 104. The first kappa shape index (κ1) is 24.2. The predicted octanol–water partition coefficient (Wildman–Crippen LogP) is 1.34. The highest BCUT2D eigenvalue weighted by Gasteiger charge is 2.67. The Hall–Kier alpha value is -1.80. The Morgan fingerprint density at radius 1 is 1.15 bits per heavy atom. The van der Waals surface area contributed by atoms with Crippen LogP contribution in [0.4, 0.5) is 22.0 Å². The summed E-state index contributed by atoms with van der Waals surface area (Å²) in [4.78, 5) is 23.8. The minimum atomic E-state index is -5.94. The molecule has 0 radical (unpaired) electrons. The van der Waals surface area contributed by atoms with Crippen molar-refractivity contribution in [2.45, 2.75) is 30.6 Å². The van der Waals surface area contributed by atoms with Gasteiger partial charge >= 0.3 is 39.2 Å². The highest BCUT2D eigenvalue weighted by molar-refractivity contribution is 7.86. The van der Waals surface area contributed by atoms with Crippen LogP contribution < -0.4 is 0 Å². The van der Waals surface area contributed by atoms with Crippen LogP contribution in [0.1, 0.15) is 13.3 Å². The zero-order valence-corrected chi connectivity index (χ0v) is 14.6. The Morgan fingerprint density at radius 2 is 1.62 bits per heavy atom. The molecule has 152 valence electrons. The second-order valence-corrected chi connectivity index (χ2v) is 6.74. The monoisotopic (exact) mass is 413 g/mol. The normalized spacial score (nSPS) is 15.1. The summed E-state index contributed by atoms with van der Waals surface area (Å²) in [7, 11) is -4.26. The van der Waals surface area contributed by atoms with E-state index in [0.29, 0.717) is 4.90 Å². The van der Waals surface area contributed by atoms with Gasteiger partial charge in [-0.25, -0.2) is 4.79 Å². The molecule has 0 rings (SSSR count). The molecule has 14 heteroatoms. The van der Waals surface area contributed by atoms with Crippen LogP contribution in [0, 0.1) is 0 Å². The number of nitrogens with zero attached hydrogens (tertiary/aromatic N) is 1. The molecule has 0 spiro atoms. The van der Waals surface area contributed by atoms with Gasteiger partial charge in [-0.1, -0.05) is 6.58 Å². The van der Waals surface area contributed by atoms with Crippen molar-refractivity contribution in [1.29, 1.82) is 0 Å². The fourth-order valence-corrected chi connectivity index (χ4v) is 1.69. The summed E-state index contributed by atoms with van der Waals surface area (Å²) >= 11 is 0. The number of alkyl halides is 5. The van der Waals surface area contributed by atoms with Gasteiger partial charge in [0.25, 0.3) is 0 Å². The average Bonchev–Trinajstić information content (AvgIpc) is 2.42. The maximum Gasteiger partial charge on any atom is 0.466 e. The molecule has 26 heavy (non-hydrogen) atoms. The van der Waals surface area contributed by atoms with Crippen LogP contribution in [0.3, 0.4) is 0 Å². The number of likely N-dealkylation sites (N-methyl/N-ethyl adjacent to an activating group) is 1. The van der Waals surface area contributed by atoms with Crippen LogP contribution in [-0.4, -0.2) is 67.7 Å². The molecule has 0 aliphatic rings. The Bertz CT molecular complexity index is 674. The van der Waals surface area contributed by atoms with E-state index in [1.165, 1.54) is 0 Å². The lowest BCUT2D eigenvalue weighted by atomic mass is 10.2. The SMILES string of the molecule is C=C(C)C(=O)OC(OCCC(F)(F)S(=O)(=O)O)(C(=O)N(C)C)C(F)(F)F. The van der Waals surface area contributed by atoms with Gasteiger partial charge in [-0.15, -0.1) is 0 Å². The molecule has 0 saturated carbocycles. The first-order valence-corrected chi connectivity index (χ1v) is 7.99. The first-order chi connectivity index (χ1) is 11.4. The second-order valence-electron chi connectivity index (χ2n) is 5.19. The first-order valence-electron chi connectivity index (χ1n) is 6.55. The number of hydrogen-bond acceptors (Lipinski definition) is 6. The average molecular weight is 413 g/mol. The molecule has 0 heterocycles. The van der Waals surface area contributed by atoms with Gasteiger partial charge in [-0.2, -0.15) is 30.4 Å². The molecule has 1 N–H and O–H groups in total. The fourth-order valence-electron chi connectivity index (χ4n) is 1.35. The van der Waals surface area contributed by atoms with Crippen molar-refractivity contribution in [3.63, 3.8) is 0 Å². The summed E-state index contributed by atoms with van der Waals surface area (Å²) in [5, 5.41) is -4.86. The van der Waals surface area contributed by atoms with E-state index in [2.05, 4.69) is 16.1 Å². The highest BCUT2D eigenvalue weighted by Crippen LogP contribution is 2.38. The molecule has 0 aromatic rings. The Labute approximate surface area is 145 Å². The number of esters is 1. The van der Waals surface area contributed by atoms with Crippen molar-refractivity contribution in [2.24, 2.45) is 0 Å². The second kappa shape index (κ2) is 7.84. The Morgan fingerprint density at radius 3 is 1.92 bits per heavy atom. The molecule has 0 aromatic carbocycles. The third-order valence-electron chi connectivity index (χ3n) is 2.72. The van der Waals surface area contributed by atoms with E-state index in [4.69, 9.17) is 4.55 Å². The van der Waals surface area contributed by atoms with Crippen LogP contribution in [0.5, 0.6) is 0 Å². The zero-order chi connectivity index (χ0) is 21.1. The number of ether oxygens (including phenoxy) is 2. The molecule has 0 saturated heterocycles. The molecular formula is C12H16F5NO7S. The van der Waals surface area contributed by atoms with Gasteiger partial charge in [-0.3, -0.25) is 9.35 Å². The van der Waals surface area contributed by atoms with Crippen LogP contribution in [0.15, 0.2) is 12.2 Å². The molecule has 0 aliphatic heterocycles. The van der Waals surface area contributed by atoms with Gasteiger partial charge in [0.15, 0.2) is 0 Å². The van der Waals surface area contributed by atoms with Gasteiger partial charge in [-0.05, 0) is 6.92 Å². The van der Waals surface area contributed by atoms with Crippen molar-refractivity contribution in [2.75, 3.05) is 20.7 Å². The summed E-state index contributed by atoms with van der Waals surface area (Å²) in [6, 6.07) is 0. The molecule has 1 atom stereocenters. The Kier molecular flexibility index (Phi) is 7.29. The summed E-state index contributed by atoms with van der Waals surface area (Å²) in [6.45, 7) is 2.26. The summed E-state index contributed by atoms with van der Waals surface area (Å²) in [6.07, 6.45) is -7.66. The zero-order valence-electron chi connectivity index (χ0n) is 13.8. The van der Waals surface area contributed by atoms with E-state index in [-0.39, 0.29) is 0 Å². The number of carbonyl (C=O) groups excluding carboxylic acids is 2. The Balaban J connectivity index is 5.88. The van der Waals surface area contributed by atoms with Crippen LogP contribution in [-0.2, 0) is 29.2 Å². The van der Waals surface area contributed by atoms with Gasteiger partial charge in [0.1, 0.15) is 0 Å². The van der Waals surface area contributed by atoms with Crippen LogP contribution in [0.25, 0.3) is 0 Å². The quantitative estimate of drug-likeness (QED) is 0.210. The van der Waals surface area contributed by atoms with Crippen LogP contribution >= 0.6 is 0 Å². The maximum atomic E-state index is 13.4. The molecule has 1 amide bonds. The van der Waals surface area contributed by atoms with Gasteiger partial charge in [0.2, 0.25) is 0 Å². The summed E-state index contributed by atoms with van der Waals surface area (Å²) in [5.74, 6) is -8.00.